The molecule has 0 atom stereocenters. The molecule has 0 aromatic heterocycles. The summed E-state index contributed by atoms with van der Waals surface area (Å²) in [4.78, 5) is 15.7. The highest BCUT2D eigenvalue weighted by molar-refractivity contribution is 7.97. The Hall–Kier alpha value is -3.51. The van der Waals surface area contributed by atoms with E-state index in [-0.39, 0.29) is 16.5 Å². The SMILES string of the molecule is O=C(Oc1ccc([S+](c2ccccc2)c2ccccc2)cc1)c1ccc(C(F)(F)F)cc1. The van der Waals surface area contributed by atoms with E-state index in [4.69, 9.17) is 4.74 Å². The van der Waals surface area contributed by atoms with E-state index < -0.39 is 17.7 Å². The fourth-order valence-electron chi connectivity index (χ4n) is 3.13. The van der Waals surface area contributed by atoms with Crippen LogP contribution in [0, 0.1) is 0 Å². The number of ether oxygens (including phenoxy) is 1. The van der Waals surface area contributed by atoms with Crippen molar-refractivity contribution in [2.24, 2.45) is 0 Å². The van der Waals surface area contributed by atoms with Crippen molar-refractivity contribution in [3.05, 3.63) is 120 Å². The van der Waals surface area contributed by atoms with E-state index >= 15 is 0 Å². The molecule has 32 heavy (non-hydrogen) atoms. The monoisotopic (exact) mass is 451 g/mol. The van der Waals surface area contributed by atoms with Crippen molar-refractivity contribution in [2.45, 2.75) is 20.9 Å². The molecule has 0 saturated heterocycles. The summed E-state index contributed by atoms with van der Waals surface area (Å²) in [6.45, 7) is 0. The van der Waals surface area contributed by atoms with Gasteiger partial charge in [0.05, 0.1) is 22.0 Å². The molecule has 0 amide bonds. The summed E-state index contributed by atoms with van der Waals surface area (Å²) in [6.07, 6.45) is -4.45. The maximum Gasteiger partial charge on any atom is 0.416 e. The third kappa shape index (κ3) is 5.03. The Labute approximate surface area is 186 Å². The smallest absolute Gasteiger partial charge is 0.416 e. The van der Waals surface area contributed by atoms with Crippen LogP contribution in [0.25, 0.3) is 0 Å². The first-order valence-electron chi connectivity index (χ1n) is 9.76. The van der Waals surface area contributed by atoms with Crippen LogP contribution in [-0.4, -0.2) is 5.97 Å². The first-order valence-corrected chi connectivity index (χ1v) is 11.0. The van der Waals surface area contributed by atoms with Crippen LogP contribution >= 0.6 is 0 Å². The molecular weight excluding hydrogens is 433 g/mol. The van der Waals surface area contributed by atoms with Crippen LogP contribution < -0.4 is 4.74 Å². The largest absolute Gasteiger partial charge is 0.423 e. The minimum absolute atomic E-state index is 0.0513. The lowest BCUT2D eigenvalue weighted by Gasteiger charge is -2.09. The van der Waals surface area contributed by atoms with Crippen LogP contribution in [0.3, 0.4) is 0 Å². The molecule has 2 nitrogen and oxygen atoms in total. The summed E-state index contributed by atoms with van der Waals surface area (Å²) < 4.78 is 43.5. The molecular formula is C26H18F3O2S+. The van der Waals surface area contributed by atoms with E-state index in [1.54, 1.807) is 12.1 Å². The second-order valence-corrected chi connectivity index (χ2v) is 8.89. The predicted molar refractivity (Wildman–Crippen MR) is 118 cm³/mol. The molecule has 0 aliphatic heterocycles. The van der Waals surface area contributed by atoms with Gasteiger partial charge in [-0.15, -0.1) is 0 Å². The summed E-state index contributed by atoms with van der Waals surface area (Å²) in [5.41, 5.74) is -0.761. The number of esters is 1. The predicted octanol–water partition coefficient (Wildman–Crippen LogP) is 7.02. The second-order valence-electron chi connectivity index (χ2n) is 6.87. The Bertz CT molecular complexity index is 1130. The normalized spacial score (nSPS) is 11.4. The van der Waals surface area contributed by atoms with Crippen LogP contribution in [0.2, 0.25) is 0 Å². The van der Waals surface area contributed by atoms with Crippen molar-refractivity contribution >= 4 is 16.9 Å². The van der Waals surface area contributed by atoms with Gasteiger partial charge in [-0.05, 0) is 72.8 Å². The highest BCUT2D eigenvalue weighted by Crippen LogP contribution is 2.32. The zero-order valence-corrected chi connectivity index (χ0v) is 17.6. The Morgan fingerprint density at radius 1 is 0.625 bits per heavy atom. The summed E-state index contributed by atoms with van der Waals surface area (Å²) in [5.74, 6) is -0.389. The topological polar surface area (TPSA) is 26.3 Å². The number of hydrogen-bond acceptors (Lipinski definition) is 2. The number of hydrogen-bond donors (Lipinski definition) is 0. The quantitative estimate of drug-likeness (QED) is 0.185. The zero-order valence-electron chi connectivity index (χ0n) is 16.8. The molecule has 0 spiro atoms. The van der Waals surface area contributed by atoms with Gasteiger partial charge in [0, 0.05) is 0 Å². The average molecular weight is 451 g/mol. The first kappa shape index (κ1) is 21.7. The van der Waals surface area contributed by atoms with Crippen molar-refractivity contribution in [2.75, 3.05) is 0 Å². The molecule has 160 valence electrons. The van der Waals surface area contributed by atoms with Gasteiger partial charge >= 0.3 is 12.1 Å². The maximum absolute atomic E-state index is 12.7. The van der Waals surface area contributed by atoms with Gasteiger partial charge in [0.2, 0.25) is 0 Å². The number of carbonyl (C=O) groups excluding carboxylic acids is 1. The fraction of sp³-hybridized carbons (Fsp3) is 0.0385. The molecule has 0 fully saturated rings. The summed E-state index contributed by atoms with van der Waals surface area (Å²) in [5, 5.41) is 0. The van der Waals surface area contributed by atoms with E-state index in [9.17, 15) is 18.0 Å². The molecule has 4 aromatic rings. The Morgan fingerprint density at radius 2 is 1.09 bits per heavy atom. The van der Waals surface area contributed by atoms with Crippen LogP contribution in [0.4, 0.5) is 13.2 Å². The number of halogens is 3. The molecule has 0 radical (unpaired) electrons. The molecule has 0 saturated carbocycles. The van der Waals surface area contributed by atoms with Crippen LogP contribution in [-0.2, 0) is 17.1 Å². The van der Waals surface area contributed by atoms with Gasteiger partial charge in [-0.1, -0.05) is 36.4 Å². The molecule has 0 aliphatic carbocycles. The molecule has 0 unspecified atom stereocenters. The highest BCUT2D eigenvalue weighted by atomic mass is 32.2. The van der Waals surface area contributed by atoms with Crippen LogP contribution in [0.15, 0.2) is 124 Å². The molecule has 4 aromatic carbocycles. The standard InChI is InChI=1S/C26H18F3O2S/c27-26(28,29)20-13-11-19(12-14-20)25(30)31-21-15-17-24(18-16-21)32(22-7-3-1-4-8-22)23-9-5-2-6-10-23/h1-18H/q+1. The minimum Gasteiger partial charge on any atom is -0.423 e. The summed E-state index contributed by atoms with van der Waals surface area (Å²) in [7, 11) is -0.330. The van der Waals surface area contributed by atoms with E-state index in [2.05, 4.69) is 24.3 Å². The number of rotatable bonds is 5. The number of alkyl halides is 3. The Morgan fingerprint density at radius 3 is 1.56 bits per heavy atom. The molecule has 0 heterocycles. The lowest BCUT2D eigenvalue weighted by molar-refractivity contribution is -0.137. The van der Waals surface area contributed by atoms with Crippen molar-refractivity contribution < 1.29 is 22.7 Å². The van der Waals surface area contributed by atoms with E-state index in [1.165, 1.54) is 0 Å². The molecule has 4 rings (SSSR count). The van der Waals surface area contributed by atoms with Crippen LogP contribution in [0.5, 0.6) is 5.75 Å². The lowest BCUT2D eigenvalue weighted by atomic mass is 10.1. The second kappa shape index (κ2) is 9.32. The van der Waals surface area contributed by atoms with Gasteiger partial charge in [0.1, 0.15) is 5.75 Å². The van der Waals surface area contributed by atoms with E-state index in [0.29, 0.717) is 5.75 Å². The zero-order chi connectivity index (χ0) is 22.6. The Balaban J connectivity index is 1.54. The van der Waals surface area contributed by atoms with E-state index in [0.717, 1.165) is 39.0 Å². The van der Waals surface area contributed by atoms with Crippen molar-refractivity contribution in [3.8, 4) is 5.75 Å². The molecule has 6 heteroatoms. The van der Waals surface area contributed by atoms with Gasteiger partial charge in [-0.2, -0.15) is 13.2 Å². The average Bonchev–Trinajstić information content (AvgIpc) is 2.81. The number of carbonyl (C=O) groups is 1. The number of benzene rings is 4. The lowest BCUT2D eigenvalue weighted by Crippen LogP contribution is -2.10. The summed E-state index contributed by atoms with van der Waals surface area (Å²) >= 11 is 0. The van der Waals surface area contributed by atoms with Crippen LogP contribution in [0.1, 0.15) is 15.9 Å². The van der Waals surface area contributed by atoms with Gasteiger partial charge in [0.25, 0.3) is 0 Å². The van der Waals surface area contributed by atoms with Crippen molar-refractivity contribution in [1.82, 2.24) is 0 Å². The highest BCUT2D eigenvalue weighted by Gasteiger charge is 2.30. The van der Waals surface area contributed by atoms with Crippen molar-refractivity contribution in [1.29, 1.82) is 0 Å². The fourth-order valence-corrected chi connectivity index (χ4v) is 5.21. The molecule has 0 bridgehead atoms. The van der Waals surface area contributed by atoms with Gasteiger partial charge < -0.3 is 4.74 Å². The molecule has 0 N–H and O–H groups in total. The summed E-state index contributed by atoms with van der Waals surface area (Å²) in [6, 6.07) is 31.4. The first-order chi connectivity index (χ1) is 15.4. The van der Waals surface area contributed by atoms with Crippen molar-refractivity contribution in [3.63, 3.8) is 0 Å². The van der Waals surface area contributed by atoms with Gasteiger partial charge in [0.15, 0.2) is 14.7 Å². The minimum atomic E-state index is -4.45. The maximum atomic E-state index is 12.7. The van der Waals surface area contributed by atoms with Gasteiger partial charge in [-0.25, -0.2) is 4.79 Å². The molecule has 0 aliphatic rings. The van der Waals surface area contributed by atoms with E-state index in [1.807, 2.05) is 48.5 Å². The third-order valence-electron chi connectivity index (χ3n) is 4.68. The third-order valence-corrected chi connectivity index (χ3v) is 6.91. The van der Waals surface area contributed by atoms with Gasteiger partial charge in [-0.3, -0.25) is 0 Å². The Kier molecular flexibility index (Phi) is 6.32.